The number of nitrogens with one attached hydrogen (secondary N) is 1. The van der Waals surface area contributed by atoms with Gasteiger partial charge in [-0.25, -0.2) is 0 Å². The molecule has 1 aliphatic heterocycles. The van der Waals surface area contributed by atoms with Crippen LogP contribution in [0.4, 0.5) is 5.69 Å². The van der Waals surface area contributed by atoms with Crippen molar-refractivity contribution >= 4 is 17.5 Å². The first-order valence-electron chi connectivity index (χ1n) is 8.49. The number of fused-ring (bicyclic) bond motifs is 1. The van der Waals surface area contributed by atoms with E-state index in [-0.39, 0.29) is 18.4 Å². The van der Waals surface area contributed by atoms with Crippen LogP contribution in [-0.2, 0) is 4.79 Å². The molecule has 0 unspecified atom stereocenters. The van der Waals surface area contributed by atoms with Crippen LogP contribution in [0.3, 0.4) is 0 Å². The molecule has 3 rings (SSSR count). The lowest BCUT2D eigenvalue weighted by atomic mass is 9.95. The smallest absolute Gasteiger partial charge is 0.262 e. The molecule has 1 aliphatic carbocycles. The van der Waals surface area contributed by atoms with E-state index in [2.05, 4.69) is 5.32 Å². The topological polar surface area (TPSA) is 58.6 Å². The Bertz CT molecular complexity index is 592. The third-order valence-electron chi connectivity index (χ3n) is 4.80. The zero-order valence-electron chi connectivity index (χ0n) is 13.6. The highest BCUT2D eigenvalue weighted by molar-refractivity contribution is 5.99. The molecular formula is C18H24N2O3. The number of ether oxygens (including phenoxy) is 1. The van der Waals surface area contributed by atoms with Gasteiger partial charge < -0.3 is 15.0 Å². The fourth-order valence-electron chi connectivity index (χ4n) is 3.41. The molecule has 1 fully saturated rings. The van der Waals surface area contributed by atoms with Gasteiger partial charge in [-0.1, -0.05) is 32.1 Å². The van der Waals surface area contributed by atoms with Crippen molar-refractivity contribution in [1.29, 1.82) is 0 Å². The van der Waals surface area contributed by atoms with Crippen molar-refractivity contribution in [1.82, 2.24) is 4.90 Å². The van der Waals surface area contributed by atoms with Gasteiger partial charge in [0, 0.05) is 18.7 Å². The summed E-state index contributed by atoms with van der Waals surface area (Å²) in [4.78, 5) is 26.1. The molecule has 1 aromatic carbocycles. The van der Waals surface area contributed by atoms with Crippen molar-refractivity contribution in [2.75, 3.05) is 19.0 Å². The maximum atomic E-state index is 12.8. The summed E-state index contributed by atoms with van der Waals surface area (Å²) in [5.41, 5.74) is 1.18. The molecule has 5 heteroatoms. The number of benzene rings is 1. The summed E-state index contributed by atoms with van der Waals surface area (Å²) in [6.07, 6.45) is 8.38. The third kappa shape index (κ3) is 3.66. The van der Waals surface area contributed by atoms with E-state index in [0.29, 0.717) is 23.0 Å². The lowest BCUT2D eigenvalue weighted by Gasteiger charge is -2.30. The van der Waals surface area contributed by atoms with Crippen LogP contribution in [0, 0.1) is 0 Å². The predicted molar refractivity (Wildman–Crippen MR) is 88.8 cm³/mol. The average Bonchev–Trinajstić information content (AvgIpc) is 2.52. The Kier molecular flexibility index (Phi) is 4.84. The van der Waals surface area contributed by atoms with Crippen molar-refractivity contribution in [2.24, 2.45) is 0 Å². The largest absolute Gasteiger partial charge is 0.482 e. The molecule has 23 heavy (non-hydrogen) atoms. The van der Waals surface area contributed by atoms with Gasteiger partial charge in [-0.2, -0.15) is 0 Å². The predicted octanol–water partition coefficient (Wildman–Crippen LogP) is 3.20. The Morgan fingerprint density at radius 2 is 1.87 bits per heavy atom. The molecule has 124 valence electrons. The lowest BCUT2D eigenvalue weighted by Crippen LogP contribution is -2.37. The van der Waals surface area contributed by atoms with Crippen molar-refractivity contribution in [2.45, 2.75) is 51.0 Å². The van der Waals surface area contributed by atoms with E-state index in [1.54, 1.807) is 18.2 Å². The third-order valence-corrected chi connectivity index (χ3v) is 4.80. The maximum absolute atomic E-state index is 12.8. The molecule has 1 heterocycles. The van der Waals surface area contributed by atoms with E-state index >= 15 is 0 Å². The van der Waals surface area contributed by atoms with Gasteiger partial charge in [0.15, 0.2) is 6.61 Å². The fraction of sp³-hybridized carbons (Fsp3) is 0.556. The molecule has 0 bridgehead atoms. The molecule has 0 radical (unpaired) electrons. The molecule has 2 aliphatic rings. The van der Waals surface area contributed by atoms with Crippen molar-refractivity contribution in [3.63, 3.8) is 0 Å². The minimum atomic E-state index is -0.185. The minimum Gasteiger partial charge on any atom is -0.482 e. The first-order valence-corrected chi connectivity index (χ1v) is 8.49. The Labute approximate surface area is 137 Å². The molecule has 0 saturated heterocycles. The van der Waals surface area contributed by atoms with E-state index < -0.39 is 0 Å². The Morgan fingerprint density at radius 3 is 2.61 bits per heavy atom. The summed E-state index contributed by atoms with van der Waals surface area (Å²) in [6.45, 7) is 0.0300. The van der Waals surface area contributed by atoms with Gasteiger partial charge in [0.1, 0.15) is 5.75 Å². The highest BCUT2D eigenvalue weighted by Gasteiger charge is 2.23. The van der Waals surface area contributed by atoms with Crippen molar-refractivity contribution in [3.05, 3.63) is 23.8 Å². The molecule has 1 N–H and O–H groups in total. The normalized spacial score (nSPS) is 18.9. The average molecular weight is 316 g/mol. The number of nitrogens with zero attached hydrogens (tertiary/aromatic N) is 1. The van der Waals surface area contributed by atoms with E-state index in [4.69, 9.17) is 4.74 Å². The highest BCUT2D eigenvalue weighted by Crippen LogP contribution is 2.29. The van der Waals surface area contributed by atoms with Crippen molar-refractivity contribution < 1.29 is 14.3 Å². The van der Waals surface area contributed by atoms with E-state index in [1.165, 1.54) is 32.1 Å². The Hall–Kier alpha value is -2.04. The fourth-order valence-corrected chi connectivity index (χ4v) is 3.41. The van der Waals surface area contributed by atoms with Crippen LogP contribution in [0.5, 0.6) is 5.75 Å². The number of hydrogen-bond donors (Lipinski definition) is 1. The quantitative estimate of drug-likeness (QED) is 0.911. The molecular weight excluding hydrogens is 292 g/mol. The van der Waals surface area contributed by atoms with Crippen LogP contribution in [0.25, 0.3) is 0 Å². The summed E-state index contributed by atoms with van der Waals surface area (Å²) in [5, 5.41) is 2.76. The first-order chi connectivity index (χ1) is 11.1. The van der Waals surface area contributed by atoms with Gasteiger partial charge >= 0.3 is 0 Å². The van der Waals surface area contributed by atoms with Gasteiger partial charge in [0.2, 0.25) is 0 Å². The number of amides is 2. The van der Waals surface area contributed by atoms with Crippen LogP contribution in [-0.4, -0.2) is 36.4 Å². The van der Waals surface area contributed by atoms with E-state index in [1.807, 2.05) is 11.9 Å². The second kappa shape index (κ2) is 7.02. The van der Waals surface area contributed by atoms with E-state index in [0.717, 1.165) is 12.8 Å². The number of rotatable bonds is 2. The van der Waals surface area contributed by atoms with Crippen LogP contribution in [0.2, 0.25) is 0 Å². The lowest BCUT2D eigenvalue weighted by molar-refractivity contribution is -0.118. The van der Waals surface area contributed by atoms with Crippen LogP contribution >= 0.6 is 0 Å². The number of carbonyl (C=O) groups is 2. The number of hydrogen-bond acceptors (Lipinski definition) is 3. The Balaban J connectivity index is 1.73. The Morgan fingerprint density at radius 1 is 1.17 bits per heavy atom. The molecule has 0 aromatic heterocycles. The van der Waals surface area contributed by atoms with Gasteiger partial charge in [0.25, 0.3) is 11.8 Å². The highest BCUT2D eigenvalue weighted by atomic mass is 16.5. The van der Waals surface area contributed by atoms with Crippen molar-refractivity contribution in [3.8, 4) is 5.75 Å². The summed E-state index contributed by atoms with van der Waals surface area (Å²) in [7, 11) is 1.89. The van der Waals surface area contributed by atoms with Crippen LogP contribution in [0.15, 0.2) is 18.2 Å². The van der Waals surface area contributed by atoms with Crippen LogP contribution < -0.4 is 10.1 Å². The van der Waals surface area contributed by atoms with Gasteiger partial charge in [-0.15, -0.1) is 0 Å². The minimum absolute atomic E-state index is 0.0122. The molecule has 1 saturated carbocycles. The zero-order valence-corrected chi connectivity index (χ0v) is 13.6. The molecule has 2 amide bonds. The van der Waals surface area contributed by atoms with Crippen LogP contribution in [0.1, 0.15) is 55.3 Å². The summed E-state index contributed by atoms with van der Waals surface area (Å²) < 4.78 is 5.34. The van der Waals surface area contributed by atoms with Gasteiger partial charge in [-0.3, -0.25) is 9.59 Å². The summed E-state index contributed by atoms with van der Waals surface area (Å²) in [6, 6.07) is 5.56. The number of anilines is 1. The van der Waals surface area contributed by atoms with E-state index in [9.17, 15) is 9.59 Å². The molecule has 0 spiro atoms. The second-order valence-corrected chi connectivity index (χ2v) is 6.46. The first kappa shape index (κ1) is 15.8. The second-order valence-electron chi connectivity index (χ2n) is 6.46. The molecule has 0 atom stereocenters. The molecule has 1 aromatic rings. The zero-order chi connectivity index (χ0) is 16.2. The summed E-state index contributed by atoms with van der Waals surface area (Å²) >= 11 is 0. The summed E-state index contributed by atoms with van der Waals surface area (Å²) in [5.74, 6) is 0.448. The maximum Gasteiger partial charge on any atom is 0.262 e. The standard InChI is InChI=1S/C18H24N2O3/c1-20(14-7-5-3-2-4-6-8-14)18(22)13-9-10-16-15(11-13)19-17(21)12-23-16/h9-11,14H,2-8,12H2,1H3,(H,19,21). The molecule has 5 nitrogen and oxygen atoms in total. The van der Waals surface area contributed by atoms with Gasteiger partial charge in [0.05, 0.1) is 5.69 Å². The monoisotopic (exact) mass is 316 g/mol. The SMILES string of the molecule is CN(C(=O)c1ccc2c(c1)NC(=O)CO2)C1CCCCCCC1. The number of carbonyl (C=O) groups excluding carboxylic acids is 2. The van der Waals surface area contributed by atoms with Gasteiger partial charge in [-0.05, 0) is 31.0 Å².